The second kappa shape index (κ2) is 6.43. The highest BCUT2D eigenvalue weighted by molar-refractivity contribution is 5.46. The van der Waals surface area contributed by atoms with Gasteiger partial charge in [0, 0.05) is 0 Å². The first-order valence-electron chi connectivity index (χ1n) is 7.79. The third kappa shape index (κ3) is 3.44. The molecule has 2 heteroatoms. The fourth-order valence-corrected chi connectivity index (χ4v) is 2.88. The summed E-state index contributed by atoms with van der Waals surface area (Å²) in [6, 6.07) is 14.1. The van der Waals surface area contributed by atoms with Crippen molar-refractivity contribution in [3.63, 3.8) is 0 Å². The number of phenolic OH excluding ortho intramolecular Hbond substituents is 1. The first-order valence-corrected chi connectivity index (χ1v) is 7.79. The molecule has 1 N–H and O–H groups in total. The topological polar surface area (TPSA) is 29.5 Å². The van der Waals surface area contributed by atoms with Gasteiger partial charge in [-0.25, -0.2) is 0 Å². The van der Waals surface area contributed by atoms with Crippen LogP contribution in [0.15, 0.2) is 42.5 Å². The summed E-state index contributed by atoms with van der Waals surface area (Å²) in [5, 5.41) is 10.7. The van der Waals surface area contributed by atoms with Crippen LogP contribution >= 0.6 is 0 Å². The maximum absolute atomic E-state index is 10.7. The molecule has 118 valence electrons. The SMILES string of the molecule is COc1ccccc1CC(C)c1cccc(C(C)(C)C)c1O. The highest BCUT2D eigenvalue weighted by atomic mass is 16.5. The van der Waals surface area contributed by atoms with Crippen LogP contribution in [0.4, 0.5) is 0 Å². The summed E-state index contributed by atoms with van der Waals surface area (Å²) >= 11 is 0. The van der Waals surface area contributed by atoms with E-state index in [0.717, 1.165) is 28.9 Å². The number of rotatable bonds is 4. The number of hydrogen-bond donors (Lipinski definition) is 1. The molecule has 0 aliphatic heterocycles. The average molecular weight is 298 g/mol. The summed E-state index contributed by atoms with van der Waals surface area (Å²) < 4.78 is 5.43. The molecule has 0 saturated carbocycles. The number of ether oxygens (including phenoxy) is 1. The summed E-state index contributed by atoms with van der Waals surface area (Å²) in [4.78, 5) is 0. The molecule has 0 amide bonds. The van der Waals surface area contributed by atoms with Gasteiger partial charge in [0.25, 0.3) is 0 Å². The minimum atomic E-state index is -0.0652. The van der Waals surface area contributed by atoms with Crippen LogP contribution in [-0.4, -0.2) is 12.2 Å². The lowest BCUT2D eigenvalue weighted by molar-refractivity contribution is 0.407. The minimum Gasteiger partial charge on any atom is -0.507 e. The van der Waals surface area contributed by atoms with Crippen molar-refractivity contribution >= 4 is 0 Å². The van der Waals surface area contributed by atoms with E-state index in [1.165, 1.54) is 0 Å². The van der Waals surface area contributed by atoms with Crippen LogP contribution in [0.3, 0.4) is 0 Å². The van der Waals surface area contributed by atoms with Gasteiger partial charge in [-0.05, 0) is 40.5 Å². The lowest BCUT2D eigenvalue weighted by atomic mass is 9.82. The number of para-hydroxylation sites is 2. The fourth-order valence-electron chi connectivity index (χ4n) is 2.88. The summed E-state index contributed by atoms with van der Waals surface area (Å²) in [5.74, 6) is 1.55. The lowest BCUT2D eigenvalue weighted by Crippen LogP contribution is -2.12. The van der Waals surface area contributed by atoms with Gasteiger partial charge in [0.05, 0.1) is 7.11 Å². The van der Waals surface area contributed by atoms with Gasteiger partial charge >= 0.3 is 0 Å². The molecule has 1 unspecified atom stereocenters. The van der Waals surface area contributed by atoms with Crippen LogP contribution in [0.1, 0.15) is 50.3 Å². The maximum atomic E-state index is 10.7. The number of hydrogen-bond acceptors (Lipinski definition) is 2. The van der Waals surface area contributed by atoms with E-state index in [-0.39, 0.29) is 11.3 Å². The van der Waals surface area contributed by atoms with E-state index < -0.39 is 0 Å². The zero-order valence-electron chi connectivity index (χ0n) is 14.2. The Kier molecular flexibility index (Phi) is 4.80. The average Bonchev–Trinajstić information content (AvgIpc) is 2.46. The van der Waals surface area contributed by atoms with Crippen molar-refractivity contribution in [2.45, 2.75) is 45.4 Å². The van der Waals surface area contributed by atoms with Gasteiger partial charge in [-0.1, -0.05) is 64.1 Å². The molecule has 0 saturated heterocycles. The molecule has 0 aliphatic carbocycles. The number of benzene rings is 2. The molecular formula is C20H26O2. The van der Waals surface area contributed by atoms with Crippen molar-refractivity contribution in [2.24, 2.45) is 0 Å². The Labute approximate surface area is 133 Å². The maximum Gasteiger partial charge on any atom is 0.122 e. The van der Waals surface area contributed by atoms with Crippen LogP contribution in [0.5, 0.6) is 11.5 Å². The smallest absolute Gasteiger partial charge is 0.122 e. The van der Waals surface area contributed by atoms with Crippen LogP contribution in [0.25, 0.3) is 0 Å². The van der Waals surface area contributed by atoms with Gasteiger partial charge < -0.3 is 9.84 Å². The summed E-state index contributed by atoms with van der Waals surface area (Å²) in [6.07, 6.45) is 0.838. The molecular weight excluding hydrogens is 272 g/mol. The summed E-state index contributed by atoms with van der Waals surface area (Å²) in [5.41, 5.74) is 3.10. The molecule has 0 spiro atoms. The first kappa shape index (κ1) is 16.4. The third-order valence-corrected chi connectivity index (χ3v) is 4.12. The van der Waals surface area contributed by atoms with Gasteiger partial charge in [-0.3, -0.25) is 0 Å². The molecule has 0 radical (unpaired) electrons. The summed E-state index contributed by atoms with van der Waals surface area (Å²) in [7, 11) is 1.70. The first-order chi connectivity index (χ1) is 10.3. The number of phenols is 1. The predicted octanol–water partition coefficient (Wildman–Crippen LogP) is 5.04. The van der Waals surface area contributed by atoms with E-state index in [9.17, 15) is 5.11 Å². The zero-order chi connectivity index (χ0) is 16.3. The van der Waals surface area contributed by atoms with Crippen LogP contribution in [0, 0.1) is 0 Å². The van der Waals surface area contributed by atoms with E-state index in [4.69, 9.17) is 4.74 Å². The Morgan fingerprint density at radius 1 is 1.05 bits per heavy atom. The molecule has 2 aromatic rings. The van der Waals surface area contributed by atoms with Crippen molar-refractivity contribution in [1.29, 1.82) is 0 Å². The van der Waals surface area contributed by atoms with Crippen molar-refractivity contribution in [3.8, 4) is 11.5 Å². The van der Waals surface area contributed by atoms with E-state index in [1.807, 2.05) is 36.4 Å². The quantitative estimate of drug-likeness (QED) is 0.856. The van der Waals surface area contributed by atoms with E-state index in [0.29, 0.717) is 5.75 Å². The molecule has 2 aromatic carbocycles. The third-order valence-electron chi connectivity index (χ3n) is 4.12. The normalized spacial score (nSPS) is 13.0. The molecule has 1 atom stereocenters. The molecule has 2 nitrogen and oxygen atoms in total. The van der Waals surface area contributed by atoms with Crippen LogP contribution < -0.4 is 4.74 Å². The van der Waals surface area contributed by atoms with Gasteiger partial charge in [0.15, 0.2) is 0 Å². The van der Waals surface area contributed by atoms with Crippen LogP contribution in [0.2, 0.25) is 0 Å². The second-order valence-corrected chi connectivity index (χ2v) is 6.91. The van der Waals surface area contributed by atoms with Crippen molar-refractivity contribution in [3.05, 3.63) is 59.2 Å². The molecule has 0 heterocycles. The minimum absolute atomic E-state index is 0.0652. The van der Waals surface area contributed by atoms with Crippen molar-refractivity contribution in [1.82, 2.24) is 0 Å². The Hall–Kier alpha value is -1.96. The monoisotopic (exact) mass is 298 g/mol. The standard InChI is InChI=1S/C20H26O2/c1-14(13-15-9-6-7-12-18(15)22-5)16-10-8-11-17(19(16)21)20(2,3)4/h6-12,14,21H,13H2,1-5H3. The highest BCUT2D eigenvalue weighted by Crippen LogP contribution is 2.37. The van der Waals surface area contributed by atoms with Gasteiger partial charge in [0.1, 0.15) is 11.5 Å². The molecule has 2 rings (SSSR count). The van der Waals surface area contributed by atoms with Crippen molar-refractivity contribution < 1.29 is 9.84 Å². The Bertz CT molecular complexity index is 638. The Balaban J connectivity index is 2.32. The van der Waals surface area contributed by atoms with Gasteiger partial charge in [0.2, 0.25) is 0 Å². The predicted molar refractivity (Wildman–Crippen MR) is 91.9 cm³/mol. The Morgan fingerprint density at radius 2 is 1.73 bits per heavy atom. The summed E-state index contributed by atoms with van der Waals surface area (Å²) in [6.45, 7) is 8.51. The second-order valence-electron chi connectivity index (χ2n) is 6.91. The zero-order valence-corrected chi connectivity index (χ0v) is 14.2. The van der Waals surface area contributed by atoms with E-state index in [2.05, 4.69) is 33.8 Å². The van der Waals surface area contributed by atoms with Gasteiger partial charge in [-0.15, -0.1) is 0 Å². The largest absolute Gasteiger partial charge is 0.507 e. The Morgan fingerprint density at radius 3 is 2.36 bits per heavy atom. The molecule has 0 bridgehead atoms. The molecule has 0 aliphatic rings. The van der Waals surface area contributed by atoms with Crippen molar-refractivity contribution in [2.75, 3.05) is 7.11 Å². The number of aromatic hydroxyl groups is 1. The highest BCUT2D eigenvalue weighted by Gasteiger charge is 2.22. The van der Waals surface area contributed by atoms with E-state index >= 15 is 0 Å². The van der Waals surface area contributed by atoms with Crippen LogP contribution in [-0.2, 0) is 11.8 Å². The van der Waals surface area contributed by atoms with E-state index in [1.54, 1.807) is 7.11 Å². The fraction of sp³-hybridized carbons (Fsp3) is 0.400. The molecule has 0 aromatic heterocycles. The lowest BCUT2D eigenvalue weighted by Gasteiger charge is -2.24. The molecule has 22 heavy (non-hydrogen) atoms. The molecule has 0 fully saturated rings. The number of methoxy groups -OCH3 is 1. The van der Waals surface area contributed by atoms with Gasteiger partial charge in [-0.2, -0.15) is 0 Å².